The van der Waals surface area contributed by atoms with Gasteiger partial charge >= 0.3 is 0 Å². The molecule has 0 spiro atoms. The molecule has 0 saturated carbocycles. The third-order valence-electron chi connectivity index (χ3n) is 1.88. The molecule has 0 aliphatic heterocycles. The second-order valence-electron chi connectivity index (χ2n) is 2.78. The van der Waals surface area contributed by atoms with Crippen molar-refractivity contribution in [2.24, 2.45) is 0 Å². The van der Waals surface area contributed by atoms with Gasteiger partial charge in [-0.25, -0.2) is 4.98 Å². The molecular weight excluding hydrogens is 265 g/mol. The Morgan fingerprint density at radius 2 is 2.21 bits per heavy atom. The zero-order chi connectivity index (χ0) is 10.1. The Balaban J connectivity index is 2.90. The fourth-order valence-electron chi connectivity index (χ4n) is 1.25. The van der Waals surface area contributed by atoms with E-state index in [0.717, 1.165) is 9.86 Å². The zero-order valence-corrected chi connectivity index (χ0v) is 9.34. The van der Waals surface area contributed by atoms with Gasteiger partial charge < -0.3 is 0 Å². The second kappa shape index (κ2) is 3.67. The van der Waals surface area contributed by atoms with E-state index in [4.69, 9.17) is 11.6 Å². The molecule has 0 radical (unpaired) electrons. The van der Waals surface area contributed by atoms with Gasteiger partial charge in [-0.3, -0.25) is 4.79 Å². The molecule has 0 N–H and O–H groups in total. The smallest absolute Gasteiger partial charge is 0.168 e. The molecule has 0 amide bonds. The fourth-order valence-corrected chi connectivity index (χ4v) is 1.97. The lowest BCUT2D eigenvalue weighted by molar-refractivity contribution is 0.111. The number of rotatable bonds is 1. The summed E-state index contributed by atoms with van der Waals surface area (Å²) >= 11 is 9.35. The summed E-state index contributed by atoms with van der Waals surface area (Å²) in [5, 5.41) is 1.38. The maximum Gasteiger partial charge on any atom is 0.168 e. The monoisotopic (exact) mass is 269 g/mol. The number of fused-ring (bicyclic) bond motifs is 1. The van der Waals surface area contributed by atoms with Crippen molar-refractivity contribution in [2.45, 2.75) is 0 Å². The van der Waals surface area contributed by atoms with E-state index in [-0.39, 0.29) is 0 Å². The Hall–Kier alpha value is -0.930. The Bertz CT molecular complexity index is 513. The summed E-state index contributed by atoms with van der Waals surface area (Å²) in [5.74, 6) is 0. The number of hydrogen-bond donors (Lipinski definition) is 0. The molecule has 2 rings (SSSR count). The maximum atomic E-state index is 10.6. The molecule has 1 heterocycles. The molecule has 4 heteroatoms. The SMILES string of the molecule is O=Cc1cc(Cl)c2cccc(Br)c2n1. The number of para-hydroxylation sites is 1. The van der Waals surface area contributed by atoms with Crippen molar-refractivity contribution in [3.8, 4) is 0 Å². The van der Waals surface area contributed by atoms with E-state index in [1.165, 1.54) is 0 Å². The largest absolute Gasteiger partial charge is 0.296 e. The van der Waals surface area contributed by atoms with Crippen LogP contribution in [0.15, 0.2) is 28.7 Å². The van der Waals surface area contributed by atoms with Crippen LogP contribution < -0.4 is 0 Å². The van der Waals surface area contributed by atoms with E-state index in [0.29, 0.717) is 22.5 Å². The molecular formula is C10H5BrClNO. The Labute approximate surface area is 94.0 Å². The van der Waals surface area contributed by atoms with Gasteiger partial charge in [0, 0.05) is 9.86 Å². The topological polar surface area (TPSA) is 30.0 Å². The standard InChI is InChI=1S/C10H5BrClNO/c11-8-3-1-2-7-9(12)4-6(5-14)13-10(7)8/h1-5H. The number of aldehydes is 1. The molecule has 2 aromatic rings. The predicted molar refractivity (Wildman–Crippen MR) is 59.8 cm³/mol. The normalized spacial score (nSPS) is 10.4. The summed E-state index contributed by atoms with van der Waals surface area (Å²) in [6, 6.07) is 7.16. The van der Waals surface area contributed by atoms with Crippen molar-refractivity contribution < 1.29 is 4.79 Å². The first-order chi connectivity index (χ1) is 6.72. The fraction of sp³-hybridized carbons (Fsp3) is 0. The van der Waals surface area contributed by atoms with Crippen molar-refractivity contribution in [3.05, 3.63) is 39.5 Å². The summed E-state index contributed by atoms with van der Waals surface area (Å²) in [7, 11) is 0. The van der Waals surface area contributed by atoms with Crippen molar-refractivity contribution in [3.63, 3.8) is 0 Å². The minimum atomic E-state index is 0.342. The highest BCUT2D eigenvalue weighted by atomic mass is 79.9. The molecule has 0 unspecified atom stereocenters. The molecule has 0 aliphatic rings. The molecule has 2 nitrogen and oxygen atoms in total. The first-order valence-corrected chi connectivity index (χ1v) is 5.09. The maximum absolute atomic E-state index is 10.6. The molecule has 0 bridgehead atoms. The van der Waals surface area contributed by atoms with Crippen LogP contribution in [0.2, 0.25) is 5.02 Å². The van der Waals surface area contributed by atoms with Gasteiger partial charge in [-0.15, -0.1) is 0 Å². The van der Waals surface area contributed by atoms with Crippen LogP contribution in [-0.2, 0) is 0 Å². The van der Waals surface area contributed by atoms with Crippen molar-refractivity contribution in [1.82, 2.24) is 4.98 Å². The van der Waals surface area contributed by atoms with Gasteiger partial charge in [0.15, 0.2) is 6.29 Å². The molecule has 14 heavy (non-hydrogen) atoms. The van der Waals surface area contributed by atoms with Crippen LogP contribution in [0.25, 0.3) is 10.9 Å². The molecule has 0 fully saturated rings. The highest BCUT2D eigenvalue weighted by Crippen LogP contribution is 2.27. The van der Waals surface area contributed by atoms with Crippen LogP contribution in [-0.4, -0.2) is 11.3 Å². The molecule has 0 aliphatic carbocycles. The van der Waals surface area contributed by atoms with E-state index in [1.54, 1.807) is 6.07 Å². The van der Waals surface area contributed by atoms with Gasteiger partial charge in [0.25, 0.3) is 0 Å². The number of carbonyl (C=O) groups excluding carboxylic acids is 1. The minimum Gasteiger partial charge on any atom is -0.296 e. The number of hydrogen-bond acceptors (Lipinski definition) is 2. The van der Waals surface area contributed by atoms with Crippen LogP contribution in [0, 0.1) is 0 Å². The molecule has 1 aromatic heterocycles. The predicted octanol–water partition coefficient (Wildman–Crippen LogP) is 3.46. The lowest BCUT2D eigenvalue weighted by atomic mass is 10.2. The average Bonchev–Trinajstić information content (AvgIpc) is 2.19. The van der Waals surface area contributed by atoms with Gasteiger partial charge in [-0.2, -0.15) is 0 Å². The van der Waals surface area contributed by atoms with Gasteiger partial charge in [0.05, 0.1) is 10.5 Å². The summed E-state index contributed by atoms with van der Waals surface area (Å²) in [6.07, 6.45) is 0.685. The van der Waals surface area contributed by atoms with Crippen molar-refractivity contribution in [2.75, 3.05) is 0 Å². The number of benzene rings is 1. The van der Waals surface area contributed by atoms with Gasteiger partial charge in [-0.1, -0.05) is 23.7 Å². The quantitative estimate of drug-likeness (QED) is 0.743. The minimum absolute atomic E-state index is 0.342. The number of carbonyl (C=O) groups is 1. The van der Waals surface area contributed by atoms with E-state index in [9.17, 15) is 4.79 Å². The third-order valence-corrected chi connectivity index (χ3v) is 2.83. The van der Waals surface area contributed by atoms with Crippen LogP contribution in [0.5, 0.6) is 0 Å². The molecule has 70 valence electrons. The van der Waals surface area contributed by atoms with Crippen LogP contribution >= 0.6 is 27.5 Å². The Kier molecular flexibility index (Phi) is 2.52. The van der Waals surface area contributed by atoms with Crippen LogP contribution in [0.4, 0.5) is 0 Å². The van der Waals surface area contributed by atoms with Crippen molar-refractivity contribution in [1.29, 1.82) is 0 Å². The third kappa shape index (κ3) is 1.53. The molecule has 0 atom stereocenters. The zero-order valence-electron chi connectivity index (χ0n) is 7.00. The lowest BCUT2D eigenvalue weighted by Gasteiger charge is -2.02. The lowest BCUT2D eigenvalue weighted by Crippen LogP contribution is -1.89. The first-order valence-electron chi connectivity index (χ1n) is 3.92. The molecule has 1 aromatic carbocycles. The molecule has 0 saturated heterocycles. The summed E-state index contributed by atoms with van der Waals surface area (Å²) in [5.41, 5.74) is 1.05. The van der Waals surface area contributed by atoms with Crippen LogP contribution in [0.1, 0.15) is 10.5 Å². The second-order valence-corrected chi connectivity index (χ2v) is 4.04. The van der Waals surface area contributed by atoms with E-state index in [1.807, 2.05) is 18.2 Å². The van der Waals surface area contributed by atoms with E-state index < -0.39 is 0 Å². The van der Waals surface area contributed by atoms with E-state index >= 15 is 0 Å². The summed E-state index contributed by atoms with van der Waals surface area (Å²) in [4.78, 5) is 14.7. The van der Waals surface area contributed by atoms with E-state index in [2.05, 4.69) is 20.9 Å². The Morgan fingerprint density at radius 1 is 1.43 bits per heavy atom. The highest BCUT2D eigenvalue weighted by molar-refractivity contribution is 9.10. The number of halogens is 2. The summed E-state index contributed by atoms with van der Waals surface area (Å²) < 4.78 is 0.834. The number of pyridine rings is 1. The first kappa shape index (κ1) is 9.62. The number of aromatic nitrogens is 1. The van der Waals surface area contributed by atoms with Gasteiger partial charge in [0.2, 0.25) is 0 Å². The number of nitrogens with zero attached hydrogens (tertiary/aromatic N) is 1. The van der Waals surface area contributed by atoms with Gasteiger partial charge in [-0.05, 0) is 28.1 Å². The van der Waals surface area contributed by atoms with Gasteiger partial charge in [0.1, 0.15) is 5.69 Å². The Morgan fingerprint density at radius 3 is 2.93 bits per heavy atom. The van der Waals surface area contributed by atoms with Crippen LogP contribution in [0.3, 0.4) is 0 Å². The summed E-state index contributed by atoms with van der Waals surface area (Å²) in [6.45, 7) is 0. The average molecular weight is 271 g/mol. The highest BCUT2D eigenvalue weighted by Gasteiger charge is 2.05. The van der Waals surface area contributed by atoms with Crippen molar-refractivity contribution >= 4 is 44.7 Å².